The van der Waals surface area contributed by atoms with Gasteiger partial charge in [-0.15, -0.1) is 13.2 Å². The molecule has 0 aliphatic rings. The quantitative estimate of drug-likeness (QED) is 0.166. The van der Waals surface area contributed by atoms with Crippen LogP contribution in [-0.4, -0.2) is 45.7 Å². The van der Waals surface area contributed by atoms with E-state index in [0.717, 1.165) is 6.07 Å². The number of carboxylic acids is 1. The first-order chi connectivity index (χ1) is 21.5. The van der Waals surface area contributed by atoms with Crippen molar-refractivity contribution in [1.82, 2.24) is 14.5 Å². The number of ether oxygens (including phenoxy) is 3. The van der Waals surface area contributed by atoms with E-state index in [9.17, 15) is 27.5 Å². The van der Waals surface area contributed by atoms with E-state index < -0.39 is 23.9 Å². The molecule has 0 aliphatic carbocycles. The lowest BCUT2D eigenvalue weighted by Crippen LogP contribution is -2.18. The normalized spacial score (nSPS) is 11.4. The minimum atomic E-state index is -5.00. The summed E-state index contributed by atoms with van der Waals surface area (Å²) in [4.78, 5) is 20.5. The molecular formula is C32H24F4N4O5. The summed E-state index contributed by atoms with van der Waals surface area (Å²) in [5, 5.41) is 18.3. The van der Waals surface area contributed by atoms with E-state index in [4.69, 9.17) is 14.7 Å². The van der Waals surface area contributed by atoms with Gasteiger partial charge in [0.2, 0.25) is 5.88 Å². The van der Waals surface area contributed by atoms with E-state index >= 15 is 0 Å². The molecule has 0 spiro atoms. The smallest absolute Gasteiger partial charge is 0.478 e. The SMILES string of the molecule is COCCn1c(Cc2ccc(-c3cccc(OCc4ccc(C#N)cc4F)n3)cc2OC(F)(F)F)nc2ccc(C(=O)O)cc21. The molecule has 230 valence electrons. The highest BCUT2D eigenvalue weighted by molar-refractivity contribution is 5.92. The van der Waals surface area contributed by atoms with E-state index in [1.54, 1.807) is 22.8 Å². The Bertz CT molecular complexity index is 1920. The van der Waals surface area contributed by atoms with Gasteiger partial charge in [-0.05, 0) is 42.5 Å². The first-order valence-corrected chi connectivity index (χ1v) is 13.4. The van der Waals surface area contributed by atoms with Gasteiger partial charge in [0.15, 0.2) is 0 Å². The summed E-state index contributed by atoms with van der Waals surface area (Å²) in [7, 11) is 1.49. The summed E-state index contributed by atoms with van der Waals surface area (Å²) in [6, 6.07) is 19.2. The van der Waals surface area contributed by atoms with Crippen molar-refractivity contribution < 1.29 is 41.7 Å². The summed E-state index contributed by atoms with van der Waals surface area (Å²) < 4.78 is 71.8. The van der Waals surface area contributed by atoms with Crippen molar-refractivity contribution in [1.29, 1.82) is 5.26 Å². The highest BCUT2D eigenvalue weighted by Crippen LogP contribution is 2.33. The van der Waals surface area contributed by atoms with Gasteiger partial charge in [0.05, 0.1) is 40.5 Å². The average Bonchev–Trinajstić information content (AvgIpc) is 3.35. The Balaban J connectivity index is 1.46. The number of rotatable bonds is 11. The minimum Gasteiger partial charge on any atom is -0.478 e. The molecular weight excluding hydrogens is 596 g/mol. The maximum Gasteiger partial charge on any atom is 0.573 e. The second kappa shape index (κ2) is 13.0. The molecule has 5 aromatic rings. The number of fused-ring (bicyclic) bond motifs is 1. The van der Waals surface area contributed by atoms with Crippen molar-refractivity contribution >= 4 is 17.0 Å². The molecule has 0 atom stereocenters. The van der Waals surface area contributed by atoms with Crippen molar-refractivity contribution in [2.75, 3.05) is 13.7 Å². The number of aromatic nitrogens is 3. The van der Waals surface area contributed by atoms with E-state index in [-0.39, 0.29) is 60.0 Å². The van der Waals surface area contributed by atoms with Crippen LogP contribution in [0.5, 0.6) is 11.6 Å². The number of halogens is 4. The van der Waals surface area contributed by atoms with Gasteiger partial charge < -0.3 is 23.9 Å². The summed E-state index contributed by atoms with van der Waals surface area (Å²) in [6.07, 6.45) is -5.07. The first-order valence-electron chi connectivity index (χ1n) is 13.4. The maximum atomic E-state index is 14.3. The van der Waals surface area contributed by atoms with Crippen LogP contribution >= 0.6 is 0 Å². The standard InChI is InChI=1S/C32H24F4N4O5/c1-43-12-11-40-27-14-22(31(41)42)9-10-26(27)38-29(40)16-21-8-7-20(15-28(21)45-32(34,35)36)25-3-2-4-30(39-25)44-18-23-6-5-19(17-37)13-24(23)33/h2-10,13-15H,11-12,16,18H2,1H3,(H,41,42). The summed E-state index contributed by atoms with van der Waals surface area (Å²) in [5.41, 5.74) is 2.12. The van der Waals surface area contributed by atoms with Crippen LogP contribution in [0.4, 0.5) is 17.6 Å². The number of carboxylic acid groups (broad SMARTS) is 1. The number of hydrogen-bond acceptors (Lipinski definition) is 7. The molecule has 45 heavy (non-hydrogen) atoms. The molecule has 0 fully saturated rings. The molecule has 5 rings (SSSR count). The van der Waals surface area contributed by atoms with Gasteiger partial charge in [0.1, 0.15) is 24.0 Å². The molecule has 0 saturated carbocycles. The van der Waals surface area contributed by atoms with Gasteiger partial charge in [0.25, 0.3) is 0 Å². The van der Waals surface area contributed by atoms with E-state index in [2.05, 4.69) is 14.7 Å². The third kappa shape index (κ3) is 7.36. The molecule has 0 aliphatic heterocycles. The number of benzene rings is 3. The second-order valence-electron chi connectivity index (χ2n) is 9.80. The zero-order valence-corrected chi connectivity index (χ0v) is 23.6. The molecule has 0 amide bonds. The summed E-state index contributed by atoms with van der Waals surface area (Å²) in [5.74, 6) is -1.73. The van der Waals surface area contributed by atoms with Crippen molar-refractivity contribution in [2.45, 2.75) is 25.9 Å². The highest BCUT2D eigenvalue weighted by Gasteiger charge is 2.32. The molecule has 3 aromatic carbocycles. The number of nitriles is 1. The number of aromatic carboxylic acids is 1. The highest BCUT2D eigenvalue weighted by atomic mass is 19.4. The number of hydrogen-bond donors (Lipinski definition) is 1. The van der Waals surface area contributed by atoms with Crippen LogP contribution in [0.15, 0.2) is 72.8 Å². The number of pyridine rings is 1. The van der Waals surface area contributed by atoms with Crippen molar-refractivity contribution in [3.8, 4) is 29.0 Å². The molecule has 9 nitrogen and oxygen atoms in total. The molecule has 0 bridgehead atoms. The lowest BCUT2D eigenvalue weighted by molar-refractivity contribution is -0.274. The van der Waals surface area contributed by atoms with Gasteiger partial charge >= 0.3 is 12.3 Å². The molecule has 2 aromatic heterocycles. The van der Waals surface area contributed by atoms with E-state index in [1.165, 1.54) is 55.6 Å². The zero-order valence-electron chi connectivity index (χ0n) is 23.6. The average molecular weight is 621 g/mol. The monoisotopic (exact) mass is 620 g/mol. The minimum absolute atomic E-state index is 0.0406. The second-order valence-corrected chi connectivity index (χ2v) is 9.80. The van der Waals surface area contributed by atoms with Crippen LogP contribution in [0.2, 0.25) is 0 Å². The first kappa shape index (κ1) is 31.0. The van der Waals surface area contributed by atoms with Crippen LogP contribution in [0.3, 0.4) is 0 Å². The number of imidazole rings is 1. The Morgan fingerprint density at radius 1 is 1.02 bits per heavy atom. The Kier molecular flexibility index (Phi) is 8.96. The zero-order chi connectivity index (χ0) is 32.1. The fourth-order valence-corrected chi connectivity index (χ4v) is 4.66. The predicted octanol–water partition coefficient (Wildman–Crippen LogP) is 6.52. The molecule has 0 saturated heterocycles. The Morgan fingerprint density at radius 3 is 2.53 bits per heavy atom. The lowest BCUT2D eigenvalue weighted by atomic mass is 10.0. The van der Waals surface area contributed by atoms with Gasteiger partial charge in [0, 0.05) is 42.8 Å². The van der Waals surface area contributed by atoms with Crippen LogP contribution < -0.4 is 9.47 Å². The van der Waals surface area contributed by atoms with Crippen molar-refractivity contribution in [3.05, 3.63) is 107 Å². The molecule has 13 heteroatoms. The molecule has 2 heterocycles. The largest absolute Gasteiger partial charge is 0.573 e. The van der Waals surface area contributed by atoms with Crippen molar-refractivity contribution in [3.63, 3.8) is 0 Å². The van der Waals surface area contributed by atoms with E-state index in [1.807, 2.05) is 6.07 Å². The molecule has 1 N–H and O–H groups in total. The van der Waals surface area contributed by atoms with Gasteiger partial charge in [-0.2, -0.15) is 5.26 Å². The Morgan fingerprint density at radius 2 is 1.82 bits per heavy atom. The number of alkyl halides is 3. The maximum absolute atomic E-state index is 14.3. The lowest BCUT2D eigenvalue weighted by Gasteiger charge is -2.16. The number of methoxy groups -OCH3 is 1. The van der Waals surface area contributed by atoms with Crippen LogP contribution in [0, 0.1) is 17.1 Å². The predicted molar refractivity (Wildman–Crippen MR) is 153 cm³/mol. The number of nitrogens with zero attached hydrogens (tertiary/aromatic N) is 4. The molecule has 0 unspecified atom stereocenters. The summed E-state index contributed by atoms with van der Waals surface area (Å²) in [6.45, 7) is 0.345. The third-order valence-electron chi connectivity index (χ3n) is 6.81. The topological polar surface area (TPSA) is 119 Å². The fraction of sp³-hybridized carbons (Fsp3) is 0.188. The van der Waals surface area contributed by atoms with Crippen LogP contribution in [0.25, 0.3) is 22.3 Å². The fourth-order valence-electron chi connectivity index (χ4n) is 4.66. The van der Waals surface area contributed by atoms with Gasteiger partial charge in [-0.1, -0.05) is 24.3 Å². The number of carbonyl (C=O) groups is 1. The van der Waals surface area contributed by atoms with Gasteiger partial charge in [-0.25, -0.2) is 19.2 Å². The third-order valence-corrected chi connectivity index (χ3v) is 6.81. The van der Waals surface area contributed by atoms with Crippen LogP contribution in [-0.2, 0) is 24.3 Å². The molecule has 0 radical (unpaired) electrons. The van der Waals surface area contributed by atoms with E-state index in [0.29, 0.717) is 22.4 Å². The summed E-state index contributed by atoms with van der Waals surface area (Å²) >= 11 is 0. The Labute approximate surface area is 253 Å². The van der Waals surface area contributed by atoms with Crippen LogP contribution in [0.1, 0.15) is 32.9 Å². The van der Waals surface area contributed by atoms with Gasteiger partial charge in [-0.3, -0.25) is 0 Å². The van der Waals surface area contributed by atoms with Crippen molar-refractivity contribution in [2.24, 2.45) is 0 Å². The Hall–Kier alpha value is -5.48.